The highest BCUT2D eigenvalue weighted by atomic mass is 19.4. The summed E-state index contributed by atoms with van der Waals surface area (Å²) in [5.74, 6) is -0.557. The zero-order valence-electron chi connectivity index (χ0n) is 13.6. The first-order valence-electron chi connectivity index (χ1n) is 7.52. The summed E-state index contributed by atoms with van der Waals surface area (Å²) in [6.07, 6.45) is -3.43. The lowest BCUT2D eigenvalue weighted by molar-refractivity contribution is -0.297. The number of methoxy groups -OCH3 is 1. The van der Waals surface area contributed by atoms with Crippen LogP contribution in [0.15, 0.2) is 53.9 Å². The zero-order chi connectivity index (χ0) is 18.9. The van der Waals surface area contributed by atoms with Gasteiger partial charge in [0.15, 0.2) is 0 Å². The first kappa shape index (κ1) is 17.9. The molecule has 0 aliphatic carbocycles. The Morgan fingerprint density at radius 3 is 2.35 bits per heavy atom. The number of hydrogen-bond donors (Lipinski definition) is 1. The minimum absolute atomic E-state index is 0.0603. The van der Waals surface area contributed by atoms with Crippen LogP contribution < -0.4 is 4.74 Å². The molecule has 2 heterocycles. The Kier molecular flexibility index (Phi) is 4.41. The van der Waals surface area contributed by atoms with Crippen molar-refractivity contribution in [1.82, 2.24) is 9.99 Å². The Bertz CT molecular complexity index is 838. The molecule has 1 aromatic carbocycles. The highest BCUT2D eigenvalue weighted by Gasteiger charge is 2.63. The summed E-state index contributed by atoms with van der Waals surface area (Å²) in [4.78, 5) is 16.2. The molecule has 0 spiro atoms. The largest absolute Gasteiger partial charge is 0.497 e. The molecule has 3 rings (SSSR count). The van der Waals surface area contributed by atoms with Crippen LogP contribution in [0.5, 0.6) is 5.75 Å². The molecular weight excluding hydrogens is 351 g/mol. The van der Waals surface area contributed by atoms with E-state index in [-0.39, 0.29) is 16.3 Å². The van der Waals surface area contributed by atoms with Crippen molar-refractivity contribution in [1.29, 1.82) is 0 Å². The van der Waals surface area contributed by atoms with Gasteiger partial charge < -0.3 is 9.84 Å². The number of benzene rings is 1. The van der Waals surface area contributed by atoms with Crippen LogP contribution in [-0.4, -0.2) is 45.7 Å². The normalized spacial score (nSPS) is 20.0. The number of hydrazone groups is 1. The topological polar surface area (TPSA) is 75.0 Å². The minimum Gasteiger partial charge on any atom is -0.497 e. The molecule has 0 saturated heterocycles. The molecule has 1 N–H and O–H groups in total. The van der Waals surface area contributed by atoms with Gasteiger partial charge in [-0.1, -0.05) is 0 Å². The molecule has 9 heteroatoms. The molecule has 136 valence electrons. The number of carbonyl (C=O) groups is 1. The van der Waals surface area contributed by atoms with E-state index < -0.39 is 24.2 Å². The van der Waals surface area contributed by atoms with Gasteiger partial charge in [0.2, 0.25) is 0 Å². The Morgan fingerprint density at radius 1 is 1.19 bits per heavy atom. The summed E-state index contributed by atoms with van der Waals surface area (Å²) >= 11 is 0. The SMILES string of the molecule is COc1ccc(C2=NN(C(=O)c3ccncc3)C(O)(C(F)(F)F)C2)cc1. The van der Waals surface area contributed by atoms with Crippen molar-refractivity contribution in [3.05, 3.63) is 59.9 Å². The standard InChI is InChI=1S/C17H14F3N3O3/c1-26-13-4-2-11(3-5-13)14-10-16(25,17(18,19)20)23(22-14)15(24)12-6-8-21-9-7-12/h2-9,25H,10H2,1H3. The van der Waals surface area contributed by atoms with Crippen LogP contribution in [0.4, 0.5) is 13.2 Å². The summed E-state index contributed by atoms with van der Waals surface area (Å²) in [6.45, 7) is 0. The van der Waals surface area contributed by atoms with Gasteiger partial charge in [0.05, 0.1) is 19.2 Å². The van der Waals surface area contributed by atoms with E-state index in [0.29, 0.717) is 11.3 Å². The monoisotopic (exact) mass is 365 g/mol. The van der Waals surface area contributed by atoms with Crippen LogP contribution >= 0.6 is 0 Å². The lowest BCUT2D eigenvalue weighted by atomic mass is 10.0. The quantitative estimate of drug-likeness (QED) is 0.907. The molecule has 0 bridgehead atoms. The number of nitrogens with zero attached hydrogens (tertiary/aromatic N) is 3. The number of carbonyl (C=O) groups excluding carboxylic acids is 1. The van der Waals surface area contributed by atoms with Crippen molar-refractivity contribution in [2.24, 2.45) is 5.10 Å². The van der Waals surface area contributed by atoms with Crippen LogP contribution in [0.2, 0.25) is 0 Å². The van der Waals surface area contributed by atoms with Gasteiger partial charge in [-0.25, -0.2) is 0 Å². The second-order valence-corrected chi connectivity index (χ2v) is 5.62. The van der Waals surface area contributed by atoms with Gasteiger partial charge in [0, 0.05) is 18.0 Å². The summed E-state index contributed by atoms with van der Waals surface area (Å²) < 4.78 is 45.6. The zero-order valence-corrected chi connectivity index (χ0v) is 13.6. The van der Waals surface area contributed by atoms with Gasteiger partial charge in [0.1, 0.15) is 5.75 Å². The molecule has 1 aliphatic rings. The highest BCUT2D eigenvalue weighted by Crippen LogP contribution is 2.42. The van der Waals surface area contributed by atoms with E-state index in [0.717, 1.165) is 0 Å². The van der Waals surface area contributed by atoms with Crippen molar-refractivity contribution in [3.8, 4) is 5.75 Å². The first-order valence-corrected chi connectivity index (χ1v) is 7.52. The van der Waals surface area contributed by atoms with E-state index >= 15 is 0 Å². The first-order chi connectivity index (χ1) is 12.3. The van der Waals surface area contributed by atoms with Gasteiger partial charge in [-0.15, -0.1) is 0 Å². The number of aliphatic hydroxyl groups is 1. The maximum absolute atomic E-state index is 13.5. The molecular formula is C17H14F3N3O3. The van der Waals surface area contributed by atoms with E-state index in [1.807, 2.05) is 0 Å². The fraction of sp³-hybridized carbons (Fsp3) is 0.235. The number of ether oxygens (including phenoxy) is 1. The Labute approximate surface area is 146 Å². The van der Waals surface area contributed by atoms with E-state index in [9.17, 15) is 23.1 Å². The lowest BCUT2D eigenvalue weighted by Gasteiger charge is -2.32. The number of aromatic nitrogens is 1. The maximum Gasteiger partial charge on any atom is 0.438 e. The second-order valence-electron chi connectivity index (χ2n) is 5.62. The van der Waals surface area contributed by atoms with E-state index in [1.165, 1.54) is 43.8 Å². The number of halogens is 3. The van der Waals surface area contributed by atoms with E-state index in [2.05, 4.69) is 10.1 Å². The summed E-state index contributed by atoms with van der Waals surface area (Å²) in [7, 11) is 1.46. The lowest BCUT2D eigenvalue weighted by Crippen LogP contribution is -2.56. The Hall–Kier alpha value is -2.94. The second kappa shape index (κ2) is 6.41. The number of hydrogen-bond acceptors (Lipinski definition) is 5. The van der Waals surface area contributed by atoms with E-state index in [4.69, 9.17) is 4.74 Å². The third kappa shape index (κ3) is 3.01. The summed E-state index contributed by atoms with van der Waals surface area (Å²) in [5, 5.41) is 14.1. The predicted octanol–water partition coefficient (Wildman–Crippen LogP) is 2.59. The third-order valence-corrected chi connectivity index (χ3v) is 3.98. The van der Waals surface area contributed by atoms with Crippen molar-refractivity contribution >= 4 is 11.6 Å². The molecule has 1 amide bonds. The van der Waals surface area contributed by atoms with Gasteiger partial charge >= 0.3 is 6.18 Å². The Morgan fingerprint density at radius 2 is 1.81 bits per heavy atom. The smallest absolute Gasteiger partial charge is 0.438 e. The van der Waals surface area contributed by atoms with Crippen LogP contribution in [0.1, 0.15) is 22.3 Å². The average molecular weight is 365 g/mol. The van der Waals surface area contributed by atoms with Crippen LogP contribution in [0.3, 0.4) is 0 Å². The van der Waals surface area contributed by atoms with Crippen LogP contribution in [0.25, 0.3) is 0 Å². The third-order valence-electron chi connectivity index (χ3n) is 3.98. The summed E-state index contributed by atoms with van der Waals surface area (Å²) in [6, 6.07) is 8.62. The number of rotatable bonds is 3. The van der Waals surface area contributed by atoms with Gasteiger partial charge in [-0.3, -0.25) is 9.78 Å². The van der Waals surface area contributed by atoms with Crippen LogP contribution in [-0.2, 0) is 0 Å². The number of pyridine rings is 1. The number of alkyl halides is 3. The predicted molar refractivity (Wildman–Crippen MR) is 85.6 cm³/mol. The van der Waals surface area contributed by atoms with Crippen molar-refractivity contribution in [2.45, 2.75) is 18.3 Å². The van der Waals surface area contributed by atoms with Crippen molar-refractivity contribution in [2.75, 3.05) is 7.11 Å². The van der Waals surface area contributed by atoms with Gasteiger partial charge in [-0.2, -0.15) is 23.3 Å². The van der Waals surface area contributed by atoms with Crippen molar-refractivity contribution in [3.63, 3.8) is 0 Å². The van der Waals surface area contributed by atoms with Gasteiger partial charge in [-0.05, 0) is 42.0 Å². The van der Waals surface area contributed by atoms with E-state index in [1.54, 1.807) is 12.1 Å². The molecule has 0 fully saturated rings. The van der Waals surface area contributed by atoms with Crippen molar-refractivity contribution < 1.29 is 27.8 Å². The molecule has 1 unspecified atom stereocenters. The van der Waals surface area contributed by atoms with Crippen LogP contribution in [0, 0.1) is 0 Å². The Balaban J connectivity index is 2.02. The molecule has 1 aliphatic heterocycles. The number of amides is 1. The minimum atomic E-state index is -5.09. The molecule has 26 heavy (non-hydrogen) atoms. The fourth-order valence-corrected chi connectivity index (χ4v) is 2.54. The maximum atomic E-state index is 13.5. The average Bonchev–Trinajstić information content (AvgIpc) is 3.01. The molecule has 1 atom stereocenters. The molecule has 0 radical (unpaired) electrons. The molecule has 0 saturated carbocycles. The van der Waals surface area contributed by atoms with Gasteiger partial charge in [0.25, 0.3) is 11.6 Å². The summed E-state index contributed by atoms with van der Waals surface area (Å²) in [5.41, 5.74) is -3.21. The fourth-order valence-electron chi connectivity index (χ4n) is 2.54. The molecule has 6 nitrogen and oxygen atoms in total. The molecule has 1 aromatic heterocycles. The highest BCUT2D eigenvalue weighted by molar-refractivity contribution is 6.05. The molecule has 2 aromatic rings.